The van der Waals surface area contributed by atoms with Crippen LogP contribution in [0.25, 0.3) is 10.9 Å². The van der Waals surface area contributed by atoms with E-state index < -0.39 is 17.1 Å². The van der Waals surface area contributed by atoms with Gasteiger partial charge in [-0.1, -0.05) is 12.8 Å². The second-order valence-corrected chi connectivity index (χ2v) is 4.01. The Bertz CT molecular complexity index is 708. The fourth-order valence-corrected chi connectivity index (χ4v) is 1.85. The van der Waals surface area contributed by atoms with Gasteiger partial charge in [-0.2, -0.15) is 0 Å². The fourth-order valence-electron chi connectivity index (χ4n) is 1.73. The third-order valence-corrected chi connectivity index (χ3v) is 2.83. The monoisotopic (exact) mass is 266 g/mol. The number of aromatic hydroxyl groups is 2. The van der Waals surface area contributed by atoms with Crippen LogP contribution in [0, 0.1) is 0 Å². The second-order valence-electron chi connectivity index (χ2n) is 3.78. The molecule has 6 nitrogen and oxygen atoms in total. The van der Waals surface area contributed by atoms with Crippen molar-refractivity contribution in [1.29, 1.82) is 0 Å². The van der Waals surface area contributed by atoms with Crippen molar-refractivity contribution in [2.75, 3.05) is 0 Å². The number of fused-ring (bicyclic) bond motifs is 1. The first-order valence-electron chi connectivity index (χ1n) is 4.95. The summed E-state index contributed by atoms with van der Waals surface area (Å²) in [5, 5.41) is 18.9. The standard InChI is InChI=1S/C11H10N2O4S/c1-13-4-6(11(17)12-18)10(16)5-2-8(14)9(15)3-7(5)13/h2-4,14-15,18H,1H3,(H,12,17). The van der Waals surface area contributed by atoms with E-state index >= 15 is 0 Å². The van der Waals surface area contributed by atoms with Crippen LogP contribution < -0.4 is 10.2 Å². The summed E-state index contributed by atoms with van der Waals surface area (Å²) < 4.78 is 3.58. The summed E-state index contributed by atoms with van der Waals surface area (Å²) in [5.74, 6) is -1.37. The van der Waals surface area contributed by atoms with Gasteiger partial charge in [-0.3, -0.25) is 14.3 Å². The maximum Gasteiger partial charge on any atom is 0.266 e. The number of rotatable bonds is 1. The zero-order valence-corrected chi connectivity index (χ0v) is 10.2. The first kappa shape index (κ1) is 12.3. The zero-order valence-electron chi connectivity index (χ0n) is 9.34. The molecule has 1 heterocycles. The molecule has 0 aliphatic carbocycles. The molecular formula is C11H10N2O4S. The molecule has 2 aromatic rings. The molecule has 0 bridgehead atoms. The highest BCUT2D eigenvalue weighted by atomic mass is 32.1. The molecule has 94 valence electrons. The van der Waals surface area contributed by atoms with E-state index in [1.807, 2.05) is 0 Å². The van der Waals surface area contributed by atoms with Gasteiger partial charge >= 0.3 is 0 Å². The van der Waals surface area contributed by atoms with Crippen LogP contribution in [0.3, 0.4) is 0 Å². The van der Waals surface area contributed by atoms with Crippen LogP contribution in [0.2, 0.25) is 0 Å². The molecule has 3 N–H and O–H groups in total. The van der Waals surface area contributed by atoms with Crippen molar-refractivity contribution < 1.29 is 15.0 Å². The Kier molecular flexibility index (Phi) is 2.92. The average molecular weight is 266 g/mol. The Morgan fingerprint density at radius 2 is 1.94 bits per heavy atom. The highest BCUT2D eigenvalue weighted by molar-refractivity contribution is 7.78. The van der Waals surface area contributed by atoms with Gasteiger partial charge in [-0.05, 0) is 6.07 Å². The summed E-state index contributed by atoms with van der Waals surface area (Å²) in [6.07, 6.45) is 1.34. The van der Waals surface area contributed by atoms with Crippen LogP contribution in [-0.2, 0) is 7.05 Å². The molecule has 0 aliphatic rings. The van der Waals surface area contributed by atoms with Crippen LogP contribution >= 0.6 is 12.8 Å². The predicted molar refractivity (Wildman–Crippen MR) is 69.0 cm³/mol. The first-order valence-corrected chi connectivity index (χ1v) is 5.40. The summed E-state index contributed by atoms with van der Waals surface area (Å²) >= 11 is 3.60. The maximum absolute atomic E-state index is 12.0. The smallest absolute Gasteiger partial charge is 0.266 e. The van der Waals surface area contributed by atoms with Gasteiger partial charge in [0.25, 0.3) is 5.91 Å². The maximum atomic E-state index is 12.0. The average Bonchev–Trinajstić information content (AvgIpc) is 2.35. The third kappa shape index (κ3) is 1.78. The first-order chi connectivity index (χ1) is 8.45. The molecule has 0 atom stereocenters. The highest BCUT2D eigenvalue weighted by Gasteiger charge is 2.15. The molecule has 1 aromatic heterocycles. The quantitative estimate of drug-likeness (QED) is 0.447. The SMILES string of the molecule is Cn1cc(C(=O)NS)c(=O)c2cc(O)c(O)cc21. The van der Waals surface area contributed by atoms with Crippen LogP contribution in [0.5, 0.6) is 11.5 Å². The van der Waals surface area contributed by atoms with E-state index in [1.165, 1.54) is 16.8 Å². The number of amides is 1. The van der Waals surface area contributed by atoms with Crippen molar-refractivity contribution in [3.63, 3.8) is 0 Å². The fraction of sp³-hybridized carbons (Fsp3) is 0.0909. The lowest BCUT2D eigenvalue weighted by Gasteiger charge is -2.09. The van der Waals surface area contributed by atoms with Gasteiger partial charge < -0.3 is 14.8 Å². The van der Waals surface area contributed by atoms with Gasteiger partial charge in [0.1, 0.15) is 5.56 Å². The molecule has 0 aliphatic heterocycles. The Labute approximate surface area is 107 Å². The van der Waals surface area contributed by atoms with E-state index in [4.69, 9.17) is 0 Å². The Morgan fingerprint density at radius 1 is 1.33 bits per heavy atom. The molecular weight excluding hydrogens is 256 g/mol. The molecule has 0 saturated heterocycles. The number of carbonyl (C=O) groups is 1. The number of phenolic OH excluding ortho intramolecular Hbond substituents is 2. The van der Waals surface area contributed by atoms with Crippen molar-refractivity contribution in [2.24, 2.45) is 7.05 Å². The summed E-state index contributed by atoms with van der Waals surface area (Å²) in [5.41, 5.74) is -0.221. The van der Waals surface area contributed by atoms with Gasteiger partial charge in [0.2, 0.25) is 5.43 Å². The van der Waals surface area contributed by atoms with Crippen molar-refractivity contribution in [3.05, 3.63) is 34.1 Å². The van der Waals surface area contributed by atoms with E-state index in [0.717, 1.165) is 6.07 Å². The van der Waals surface area contributed by atoms with Crippen LogP contribution in [-0.4, -0.2) is 20.7 Å². The summed E-state index contributed by atoms with van der Waals surface area (Å²) in [6, 6.07) is 2.39. The zero-order chi connectivity index (χ0) is 13.4. The normalized spacial score (nSPS) is 10.6. The van der Waals surface area contributed by atoms with Crippen LogP contribution in [0.4, 0.5) is 0 Å². The molecule has 0 unspecified atom stereocenters. The molecule has 7 heteroatoms. The molecule has 0 saturated carbocycles. The molecule has 2 rings (SSSR count). The largest absolute Gasteiger partial charge is 0.504 e. The highest BCUT2D eigenvalue weighted by Crippen LogP contribution is 2.28. The van der Waals surface area contributed by atoms with Crippen molar-refractivity contribution in [3.8, 4) is 11.5 Å². The number of carbonyl (C=O) groups excluding carboxylic acids is 1. The minimum absolute atomic E-state index is 0.0925. The number of phenols is 2. The number of aryl methyl sites for hydroxylation is 1. The lowest BCUT2D eigenvalue weighted by atomic mass is 10.1. The number of hydrogen-bond acceptors (Lipinski definition) is 5. The number of hydrogen-bond donors (Lipinski definition) is 4. The van der Waals surface area contributed by atoms with Gasteiger partial charge in [0, 0.05) is 19.3 Å². The topological polar surface area (TPSA) is 91.6 Å². The van der Waals surface area contributed by atoms with E-state index in [0.29, 0.717) is 5.52 Å². The van der Waals surface area contributed by atoms with Gasteiger partial charge in [-0.25, -0.2) is 0 Å². The van der Waals surface area contributed by atoms with Crippen LogP contribution in [0.15, 0.2) is 23.1 Å². The van der Waals surface area contributed by atoms with E-state index in [9.17, 15) is 19.8 Å². The number of nitrogens with one attached hydrogen (secondary N) is 1. The number of thiol groups is 1. The predicted octanol–water partition coefficient (Wildman–Crippen LogP) is 0.524. The minimum atomic E-state index is -0.631. The Morgan fingerprint density at radius 3 is 2.56 bits per heavy atom. The minimum Gasteiger partial charge on any atom is -0.504 e. The van der Waals surface area contributed by atoms with E-state index in [1.54, 1.807) is 7.05 Å². The van der Waals surface area contributed by atoms with Gasteiger partial charge in [-0.15, -0.1) is 0 Å². The molecule has 1 amide bonds. The molecule has 0 fully saturated rings. The lowest BCUT2D eigenvalue weighted by Crippen LogP contribution is -2.24. The van der Waals surface area contributed by atoms with Gasteiger partial charge in [0.15, 0.2) is 11.5 Å². The molecule has 0 radical (unpaired) electrons. The summed E-state index contributed by atoms with van der Waals surface area (Å²) in [6.45, 7) is 0. The summed E-state index contributed by atoms with van der Waals surface area (Å²) in [7, 11) is 1.62. The Balaban J connectivity index is 2.90. The van der Waals surface area contributed by atoms with Crippen molar-refractivity contribution >= 4 is 29.6 Å². The Hall–Kier alpha value is -2.15. The lowest BCUT2D eigenvalue weighted by molar-refractivity contribution is 0.0983. The third-order valence-electron chi connectivity index (χ3n) is 2.63. The van der Waals surface area contributed by atoms with Crippen molar-refractivity contribution in [2.45, 2.75) is 0 Å². The second kappa shape index (κ2) is 4.26. The van der Waals surface area contributed by atoms with Crippen molar-refractivity contribution in [1.82, 2.24) is 9.29 Å². The molecule has 18 heavy (non-hydrogen) atoms. The summed E-state index contributed by atoms with van der Waals surface area (Å²) in [4.78, 5) is 23.5. The number of pyridine rings is 1. The van der Waals surface area contributed by atoms with E-state index in [-0.39, 0.29) is 16.7 Å². The number of aromatic nitrogens is 1. The van der Waals surface area contributed by atoms with Crippen LogP contribution in [0.1, 0.15) is 10.4 Å². The number of benzene rings is 1. The van der Waals surface area contributed by atoms with Gasteiger partial charge in [0.05, 0.1) is 10.9 Å². The van der Waals surface area contributed by atoms with E-state index in [2.05, 4.69) is 17.5 Å². The molecule has 1 aromatic carbocycles. The molecule has 0 spiro atoms. The number of nitrogens with zero attached hydrogens (tertiary/aromatic N) is 1.